The summed E-state index contributed by atoms with van der Waals surface area (Å²) in [4.78, 5) is 36.0. The first-order valence-electron chi connectivity index (χ1n) is 17.7. The smallest absolute Gasteiger partial charge is 0.321 e. The number of aliphatic hydroxyl groups excluding tert-OH is 1. The first-order valence-corrected chi connectivity index (χ1v) is 20.1. The molecule has 2 heterocycles. The lowest BCUT2D eigenvalue weighted by Crippen LogP contribution is -2.57. The highest BCUT2D eigenvalue weighted by molar-refractivity contribution is 7.89. The number of hydrazone groups is 1. The number of sulfonamides is 1. The molecule has 1 aliphatic heterocycles. The summed E-state index contributed by atoms with van der Waals surface area (Å²) < 4.78 is 29.1. The molecule has 4 rings (SSSR count). The minimum Gasteiger partial charge on any atom is -0.411 e. The Hall–Kier alpha value is -4.38. The number of aromatic nitrogens is 1. The van der Waals surface area contributed by atoms with Crippen LogP contribution in [0.1, 0.15) is 55.9 Å². The molecular formula is C37H52N8O6S2. The zero-order chi connectivity index (χ0) is 38.7. The third-order valence-corrected chi connectivity index (χ3v) is 11.7. The first-order chi connectivity index (χ1) is 25.2. The van der Waals surface area contributed by atoms with Gasteiger partial charge in [0.2, 0.25) is 15.9 Å². The SMILES string of the molecule is CC[C@H](C)[C@@H](C(=O)N[C@@H](Cc1ccccc1)[C@H](O)CN(CC(C)C)S(=O)(=O)c1ccc(/C=N/O)cc1)N1CCN(Cc2csc(/C=N/N(C)C)n2)C1=O. The molecule has 1 fully saturated rings. The Morgan fingerprint density at radius 1 is 1.06 bits per heavy atom. The van der Waals surface area contributed by atoms with Gasteiger partial charge < -0.3 is 30.4 Å². The van der Waals surface area contributed by atoms with Crippen LogP contribution in [-0.2, 0) is 27.8 Å². The van der Waals surface area contributed by atoms with Gasteiger partial charge >= 0.3 is 6.03 Å². The average Bonchev–Trinajstić information content (AvgIpc) is 3.73. The van der Waals surface area contributed by atoms with E-state index in [4.69, 9.17) is 5.21 Å². The number of carbonyl (C=O) groups is 2. The highest BCUT2D eigenvalue weighted by Gasteiger charge is 2.41. The summed E-state index contributed by atoms with van der Waals surface area (Å²) in [7, 11) is -0.425. The van der Waals surface area contributed by atoms with E-state index in [2.05, 4.69) is 20.6 Å². The van der Waals surface area contributed by atoms with Gasteiger partial charge in [-0.05, 0) is 41.5 Å². The van der Waals surface area contributed by atoms with Crippen molar-refractivity contribution in [1.29, 1.82) is 0 Å². The van der Waals surface area contributed by atoms with E-state index in [0.717, 1.165) is 16.3 Å². The summed E-state index contributed by atoms with van der Waals surface area (Å²) in [5, 5.41) is 35.2. The minimum atomic E-state index is -4.07. The monoisotopic (exact) mass is 768 g/mol. The summed E-state index contributed by atoms with van der Waals surface area (Å²) in [5.74, 6) is -0.691. The van der Waals surface area contributed by atoms with E-state index in [1.807, 2.05) is 77.5 Å². The van der Waals surface area contributed by atoms with Crippen molar-refractivity contribution >= 4 is 45.7 Å². The zero-order valence-electron chi connectivity index (χ0n) is 31.2. The fraction of sp³-hybridized carbons (Fsp3) is 0.486. The van der Waals surface area contributed by atoms with Crippen molar-refractivity contribution in [2.24, 2.45) is 22.1 Å². The maximum absolute atomic E-state index is 14.3. The third-order valence-electron chi connectivity index (χ3n) is 9.01. The van der Waals surface area contributed by atoms with E-state index >= 15 is 0 Å². The fourth-order valence-corrected chi connectivity index (χ4v) is 8.41. The summed E-state index contributed by atoms with van der Waals surface area (Å²) in [6.07, 6.45) is 2.42. The second-order valence-electron chi connectivity index (χ2n) is 13.9. The molecule has 288 valence electrons. The van der Waals surface area contributed by atoms with Crippen LogP contribution in [0, 0.1) is 11.8 Å². The molecule has 1 saturated heterocycles. The fourth-order valence-electron chi connectivity index (χ4n) is 6.13. The van der Waals surface area contributed by atoms with E-state index in [0.29, 0.717) is 31.6 Å². The molecule has 16 heteroatoms. The number of thiazole rings is 1. The molecule has 2 aromatic carbocycles. The van der Waals surface area contributed by atoms with Gasteiger partial charge in [0.15, 0.2) is 0 Å². The predicted octanol–water partition coefficient (Wildman–Crippen LogP) is 3.93. The summed E-state index contributed by atoms with van der Waals surface area (Å²) in [6.45, 7) is 8.57. The number of hydrogen-bond acceptors (Lipinski definition) is 11. The van der Waals surface area contributed by atoms with Crippen molar-refractivity contribution < 1.29 is 28.3 Å². The van der Waals surface area contributed by atoms with Crippen molar-refractivity contribution in [3.63, 3.8) is 0 Å². The Kier molecular flexibility index (Phi) is 14.9. The molecule has 0 saturated carbocycles. The molecule has 3 aromatic rings. The van der Waals surface area contributed by atoms with Gasteiger partial charge in [0.25, 0.3) is 0 Å². The van der Waals surface area contributed by atoms with Crippen molar-refractivity contribution in [1.82, 2.24) is 29.4 Å². The van der Waals surface area contributed by atoms with Crippen molar-refractivity contribution in [3.05, 3.63) is 81.8 Å². The molecule has 14 nitrogen and oxygen atoms in total. The predicted molar refractivity (Wildman–Crippen MR) is 207 cm³/mol. The lowest BCUT2D eigenvalue weighted by molar-refractivity contribution is -0.128. The van der Waals surface area contributed by atoms with Crippen LogP contribution in [-0.4, -0.2) is 126 Å². The number of carbonyl (C=O) groups excluding carboxylic acids is 2. The standard InChI is InChI=1S/C37H52N8O6S2/c1-7-27(4)35(45-18-17-43(37(45)48)23-30-25-52-34(40-30)21-38-42(5)6)36(47)41-32(19-28-11-9-8-10-12-28)33(46)24-44(22-26(2)3)53(50,51)31-15-13-29(14-16-31)20-39-49/h8-16,20-21,25-27,32-33,35,46,49H,7,17-19,22-24H2,1-6H3,(H,41,47)/b38-21+,39-20+/t27-,32-,33+,35-/m0/s1. The number of nitrogens with zero attached hydrogens (tertiary/aromatic N) is 7. The molecule has 0 spiro atoms. The molecule has 3 N–H and O–H groups in total. The van der Waals surface area contributed by atoms with E-state index in [1.165, 1.54) is 46.1 Å². The van der Waals surface area contributed by atoms with Crippen LogP contribution in [0.4, 0.5) is 4.79 Å². The number of oxime groups is 1. The molecule has 1 aromatic heterocycles. The molecule has 0 aliphatic carbocycles. The average molecular weight is 769 g/mol. The molecule has 0 unspecified atom stereocenters. The van der Waals surface area contributed by atoms with Crippen LogP contribution in [0.25, 0.3) is 0 Å². The lowest BCUT2D eigenvalue weighted by atomic mass is 9.95. The Morgan fingerprint density at radius 2 is 1.75 bits per heavy atom. The van der Waals surface area contributed by atoms with Gasteiger partial charge in [0, 0.05) is 45.7 Å². The normalized spacial score (nSPS) is 16.2. The summed E-state index contributed by atoms with van der Waals surface area (Å²) in [6, 6.07) is 13.3. The van der Waals surface area contributed by atoms with Crippen molar-refractivity contribution in [2.45, 2.75) is 70.2 Å². The van der Waals surface area contributed by atoms with Crippen molar-refractivity contribution in [2.75, 3.05) is 40.3 Å². The first kappa shape index (κ1) is 41.4. The summed E-state index contributed by atoms with van der Waals surface area (Å²) >= 11 is 1.44. The number of rotatable bonds is 19. The number of aliphatic hydroxyl groups is 1. The van der Waals surface area contributed by atoms with Gasteiger partial charge in [-0.3, -0.25) is 4.79 Å². The lowest BCUT2D eigenvalue weighted by Gasteiger charge is -2.35. The van der Waals surface area contributed by atoms with Gasteiger partial charge in [0.05, 0.1) is 41.7 Å². The quantitative estimate of drug-likeness (QED) is 0.0936. The maximum Gasteiger partial charge on any atom is 0.321 e. The molecular weight excluding hydrogens is 717 g/mol. The number of amides is 3. The minimum absolute atomic E-state index is 0.0218. The summed E-state index contributed by atoms with van der Waals surface area (Å²) in [5.41, 5.74) is 2.10. The number of hydrogen-bond donors (Lipinski definition) is 3. The van der Waals surface area contributed by atoms with E-state index in [9.17, 15) is 23.1 Å². The largest absolute Gasteiger partial charge is 0.411 e. The number of benzene rings is 2. The molecule has 1 aliphatic rings. The van der Waals surface area contributed by atoms with E-state index < -0.39 is 34.1 Å². The Morgan fingerprint density at radius 3 is 2.38 bits per heavy atom. The Balaban J connectivity index is 1.57. The van der Waals surface area contributed by atoms with Crippen molar-refractivity contribution in [3.8, 4) is 0 Å². The van der Waals surface area contributed by atoms with Crippen LogP contribution in [0.15, 0.2) is 75.1 Å². The highest BCUT2D eigenvalue weighted by atomic mass is 32.2. The topological polar surface area (TPSA) is 171 Å². The molecule has 0 radical (unpaired) electrons. The molecule has 4 atom stereocenters. The van der Waals surface area contributed by atoms with Crippen LogP contribution in [0.3, 0.4) is 0 Å². The number of urea groups is 1. The van der Waals surface area contributed by atoms with Gasteiger partial charge in [0.1, 0.15) is 11.0 Å². The van der Waals surface area contributed by atoms with E-state index in [1.54, 1.807) is 21.0 Å². The van der Waals surface area contributed by atoms with E-state index in [-0.39, 0.29) is 42.3 Å². The molecule has 0 bridgehead atoms. The molecule has 53 heavy (non-hydrogen) atoms. The van der Waals surface area contributed by atoms with Gasteiger partial charge in [-0.2, -0.15) is 9.41 Å². The Labute approximate surface area is 316 Å². The highest BCUT2D eigenvalue weighted by Crippen LogP contribution is 2.24. The van der Waals surface area contributed by atoms with Gasteiger partial charge in [-0.15, -0.1) is 11.3 Å². The number of nitrogens with one attached hydrogen (secondary N) is 1. The molecule has 3 amide bonds. The maximum atomic E-state index is 14.3. The second-order valence-corrected chi connectivity index (χ2v) is 16.7. The third kappa shape index (κ3) is 11.3. The van der Waals surface area contributed by atoms with Gasteiger partial charge in [-0.1, -0.05) is 81.7 Å². The van der Waals surface area contributed by atoms with Gasteiger partial charge in [-0.25, -0.2) is 18.2 Å². The van der Waals surface area contributed by atoms with Crippen LogP contribution >= 0.6 is 11.3 Å². The zero-order valence-corrected chi connectivity index (χ0v) is 32.9. The second kappa shape index (κ2) is 19.1. The van der Waals surface area contributed by atoms with Crippen LogP contribution < -0.4 is 5.32 Å². The van der Waals surface area contributed by atoms with Crippen LogP contribution in [0.2, 0.25) is 0 Å². The van der Waals surface area contributed by atoms with Crippen LogP contribution in [0.5, 0.6) is 0 Å². The Bertz CT molecular complexity index is 1800.